The summed E-state index contributed by atoms with van der Waals surface area (Å²) < 4.78 is 0. The second kappa shape index (κ2) is 4.29. The standard InChI is InChI=1S/C9H7N3O2S/c1-15-9-6(4-10)5-11-8(12-9)7-2-3-13-14-7/h2,5H,3H2,1H3. The minimum Gasteiger partial charge on any atom is -0.333 e. The van der Waals surface area contributed by atoms with E-state index in [9.17, 15) is 0 Å². The minimum atomic E-state index is 0.396. The Morgan fingerprint density at radius 2 is 2.47 bits per heavy atom. The monoisotopic (exact) mass is 221 g/mol. The van der Waals surface area contributed by atoms with Gasteiger partial charge in [-0.3, -0.25) is 0 Å². The number of rotatable bonds is 2. The third-order valence-corrected chi connectivity index (χ3v) is 2.47. The van der Waals surface area contributed by atoms with Crippen LogP contribution in [0.15, 0.2) is 17.3 Å². The summed E-state index contributed by atoms with van der Waals surface area (Å²) in [6.45, 7) is 0.396. The molecule has 2 rings (SSSR count). The first kappa shape index (κ1) is 9.96. The fraction of sp³-hybridized carbons (Fsp3) is 0.222. The van der Waals surface area contributed by atoms with E-state index < -0.39 is 0 Å². The van der Waals surface area contributed by atoms with Gasteiger partial charge in [-0.15, -0.1) is 11.8 Å². The summed E-state index contributed by atoms with van der Waals surface area (Å²) in [7, 11) is 0. The molecule has 0 atom stereocenters. The fourth-order valence-corrected chi connectivity index (χ4v) is 1.58. The maximum atomic E-state index is 8.79. The predicted octanol–water partition coefficient (Wildman–Crippen LogP) is 1.37. The second-order valence-electron chi connectivity index (χ2n) is 2.66. The van der Waals surface area contributed by atoms with Crippen molar-refractivity contribution in [3.63, 3.8) is 0 Å². The SMILES string of the molecule is CSc1nc(C2=CCOO2)ncc1C#N. The van der Waals surface area contributed by atoms with Gasteiger partial charge in [-0.1, -0.05) is 0 Å². The molecule has 0 amide bonds. The molecule has 1 aliphatic rings. The van der Waals surface area contributed by atoms with E-state index in [1.54, 1.807) is 6.08 Å². The minimum absolute atomic E-state index is 0.396. The van der Waals surface area contributed by atoms with Gasteiger partial charge < -0.3 is 4.89 Å². The number of nitrogens with zero attached hydrogens (tertiary/aromatic N) is 3. The molecule has 5 nitrogen and oxygen atoms in total. The molecular formula is C9H7N3O2S. The molecular weight excluding hydrogens is 214 g/mol. The topological polar surface area (TPSA) is 68.0 Å². The molecule has 15 heavy (non-hydrogen) atoms. The van der Waals surface area contributed by atoms with E-state index in [0.717, 1.165) is 0 Å². The Kier molecular flexibility index (Phi) is 2.85. The average Bonchev–Trinajstić information content (AvgIpc) is 2.81. The molecule has 76 valence electrons. The fourth-order valence-electron chi connectivity index (χ4n) is 1.09. The third-order valence-electron chi connectivity index (χ3n) is 1.77. The zero-order chi connectivity index (χ0) is 10.7. The van der Waals surface area contributed by atoms with E-state index >= 15 is 0 Å². The van der Waals surface area contributed by atoms with E-state index in [1.165, 1.54) is 18.0 Å². The van der Waals surface area contributed by atoms with Gasteiger partial charge in [0.05, 0.1) is 6.20 Å². The summed E-state index contributed by atoms with van der Waals surface area (Å²) >= 11 is 1.40. The Balaban J connectivity index is 2.39. The molecule has 0 aromatic carbocycles. The van der Waals surface area contributed by atoms with Crippen LogP contribution in [0.1, 0.15) is 11.4 Å². The summed E-state index contributed by atoms with van der Waals surface area (Å²) in [5.74, 6) is 0.936. The van der Waals surface area contributed by atoms with Crippen molar-refractivity contribution in [1.82, 2.24) is 9.97 Å². The van der Waals surface area contributed by atoms with Gasteiger partial charge in [-0.25, -0.2) is 9.97 Å². The third kappa shape index (κ3) is 1.93. The van der Waals surface area contributed by atoms with Gasteiger partial charge in [0.15, 0.2) is 5.82 Å². The van der Waals surface area contributed by atoms with E-state index in [1.807, 2.05) is 12.3 Å². The van der Waals surface area contributed by atoms with Crippen LogP contribution in [0.2, 0.25) is 0 Å². The number of thioether (sulfide) groups is 1. The lowest BCUT2D eigenvalue weighted by atomic mass is 10.3. The molecule has 0 N–H and O–H groups in total. The quantitative estimate of drug-likeness (QED) is 0.427. The van der Waals surface area contributed by atoms with Gasteiger partial charge in [0.2, 0.25) is 5.76 Å². The van der Waals surface area contributed by atoms with Crippen LogP contribution in [-0.4, -0.2) is 22.8 Å². The van der Waals surface area contributed by atoms with Crippen molar-refractivity contribution in [3.05, 3.63) is 23.7 Å². The largest absolute Gasteiger partial charge is 0.333 e. The molecule has 1 aliphatic heterocycles. The van der Waals surface area contributed by atoms with Crippen molar-refractivity contribution in [3.8, 4) is 6.07 Å². The van der Waals surface area contributed by atoms with E-state index in [0.29, 0.717) is 28.8 Å². The molecule has 0 unspecified atom stereocenters. The van der Waals surface area contributed by atoms with Crippen LogP contribution in [0.3, 0.4) is 0 Å². The summed E-state index contributed by atoms with van der Waals surface area (Å²) in [6, 6.07) is 2.03. The molecule has 1 aromatic rings. The highest BCUT2D eigenvalue weighted by Gasteiger charge is 2.15. The van der Waals surface area contributed by atoms with E-state index in [4.69, 9.17) is 15.0 Å². The van der Waals surface area contributed by atoms with Crippen LogP contribution in [0.4, 0.5) is 0 Å². The lowest BCUT2D eigenvalue weighted by Gasteiger charge is -2.02. The summed E-state index contributed by atoms with van der Waals surface area (Å²) in [4.78, 5) is 17.8. The van der Waals surface area contributed by atoms with Crippen molar-refractivity contribution in [2.45, 2.75) is 5.03 Å². The number of hydrogen-bond acceptors (Lipinski definition) is 6. The Morgan fingerprint density at radius 3 is 3.07 bits per heavy atom. The highest BCUT2D eigenvalue weighted by molar-refractivity contribution is 7.98. The Hall–Kier alpha value is -1.58. The molecule has 0 fully saturated rings. The summed E-state index contributed by atoms with van der Waals surface area (Å²) in [5, 5.41) is 9.43. The van der Waals surface area contributed by atoms with Gasteiger partial charge in [0.25, 0.3) is 0 Å². The van der Waals surface area contributed by atoms with E-state index in [-0.39, 0.29) is 0 Å². The molecule has 0 aliphatic carbocycles. The Bertz CT molecular complexity index is 453. The molecule has 0 saturated heterocycles. The van der Waals surface area contributed by atoms with Crippen molar-refractivity contribution in [2.75, 3.05) is 12.9 Å². The van der Waals surface area contributed by atoms with Gasteiger partial charge in [0, 0.05) is 0 Å². The first-order valence-electron chi connectivity index (χ1n) is 4.16. The van der Waals surface area contributed by atoms with Gasteiger partial charge in [-0.2, -0.15) is 10.1 Å². The normalized spacial score (nSPS) is 14.3. The Morgan fingerprint density at radius 1 is 1.60 bits per heavy atom. The van der Waals surface area contributed by atoms with Crippen LogP contribution >= 0.6 is 11.8 Å². The van der Waals surface area contributed by atoms with Crippen LogP contribution in [-0.2, 0) is 9.78 Å². The number of aromatic nitrogens is 2. The van der Waals surface area contributed by atoms with Crippen LogP contribution in [0.25, 0.3) is 5.76 Å². The van der Waals surface area contributed by atoms with Gasteiger partial charge in [-0.05, 0) is 12.3 Å². The summed E-state index contributed by atoms with van der Waals surface area (Å²) in [5.41, 5.74) is 0.464. The van der Waals surface area contributed by atoms with Gasteiger partial charge >= 0.3 is 0 Å². The lowest BCUT2D eigenvalue weighted by molar-refractivity contribution is -0.209. The summed E-state index contributed by atoms with van der Waals surface area (Å²) in [6.07, 6.45) is 5.08. The first-order valence-corrected chi connectivity index (χ1v) is 5.38. The highest BCUT2D eigenvalue weighted by atomic mass is 32.2. The zero-order valence-electron chi connectivity index (χ0n) is 7.93. The molecule has 0 bridgehead atoms. The number of hydrogen-bond donors (Lipinski definition) is 0. The van der Waals surface area contributed by atoms with Crippen LogP contribution < -0.4 is 0 Å². The zero-order valence-corrected chi connectivity index (χ0v) is 8.74. The molecule has 1 aromatic heterocycles. The van der Waals surface area contributed by atoms with Crippen molar-refractivity contribution < 1.29 is 9.78 Å². The van der Waals surface area contributed by atoms with Crippen molar-refractivity contribution in [1.29, 1.82) is 5.26 Å². The smallest absolute Gasteiger partial charge is 0.208 e. The lowest BCUT2D eigenvalue weighted by Crippen LogP contribution is -1.98. The van der Waals surface area contributed by atoms with Gasteiger partial charge in [0.1, 0.15) is 23.3 Å². The average molecular weight is 221 g/mol. The molecule has 2 heterocycles. The number of nitriles is 1. The predicted molar refractivity (Wildman–Crippen MR) is 53.5 cm³/mol. The first-order chi connectivity index (χ1) is 7.35. The maximum Gasteiger partial charge on any atom is 0.208 e. The van der Waals surface area contributed by atoms with Crippen molar-refractivity contribution in [2.24, 2.45) is 0 Å². The molecule has 6 heteroatoms. The van der Waals surface area contributed by atoms with Crippen LogP contribution in [0.5, 0.6) is 0 Å². The Labute approximate surface area is 90.7 Å². The highest BCUT2D eigenvalue weighted by Crippen LogP contribution is 2.21. The molecule has 0 radical (unpaired) electrons. The van der Waals surface area contributed by atoms with Crippen LogP contribution in [0, 0.1) is 11.3 Å². The second-order valence-corrected chi connectivity index (χ2v) is 3.46. The maximum absolute atomic E-state index is 8.79. The molecule has 0 saturated carbocycles. The molecule has 0 spiro atoms. The van der Waals surface area contributed by atoms with Crippen molar-refractivity contribution >= 4 is 17.5 Å². The van der Waals surface area contributed by atoms with E-state index in [2.05, 4.69) is 9.97 Å².